The maximum atomic E-state index is 11.7. The largest absolute Gasteiger partial charge is 0.414 e. The molecule has 0 aliphatic carbocycles. The zero-order valence-corrected chi connectivity index (χ0v) is 7.60. The van der Waals surface area contributed by atoms with Gasteiger partial charge < -0.3 is 9.84 Å². The zero-order chi connectivity index (χ0) is 10.3. The van der Waals surface area contributed by atoms with Crippen molar-refractivity contribution in [2.45, 2.75) is 38.5 Å². The number of halogens is 3. The summed E-state index contributed by atoms with van der Waals surface area (Å²) in [7, 11) is 0. The first-order valence-electron chi connectivity index (χ1n) is 4.31. The fourth-order valence-corrected chi connectivity index (χ4v) is 0.850. The molecule has 80 valence electrons. The van der Waals surface area contributed by atoms with Crippen molar-refractivity contribution in [2.75, 3.05) is 13.2 Å². The zero-order valence-electron chi connectivity index (χ0n) is 7.60. The summed E-state index contributed by atoms with van der Waals surface area (Å²) in [5.74, 6) is 0. The van der Waals surface area contributed by atoms with E-state index >= 15 is 0 Å². The van der Waals surface area contributed by atoms with Crippen molar-refractivity contribution in [3.05, 3.63) is 0 Å². The summed E-state index contributed by atoms with van der Waals surface area (Å²) in [6.45, 7) is 2.85. The average Bonchev–Trinajstić information content (AvgIpc) is 2.02. The lowest BCUT2D eigenvalue weighted by Crippen LogP contribution is -2.28. The standard InChI is InChI=1S/C8H15F3O2/c1-2-13-6-4-3-5-7(12)8(9,10)11/h7,12H,2-6H2,1H3/t7-/m0/s1. The van der Waals surface area contributed by atoms with Crippen LogP contribution in [0.15, 0.2) is 0 Å². The second-order valence-corrected chi connectivity index (χ2v) is 2.75. The first kappa shape index (κ1) is 12.7. The second-order valence-electron chi connectivity index (χ2n) is 2.75. The molecule has 0 rings (SSSR count). The molecule has 0 unspecified atom stereocenters. The highest BCUT2D eigenvalue weighted by Gasteiger charge is 2.37. The molecule has 0 fully saturated rings. The first-order valence-corrected chi connectivity index (χ1v) is 4.31. The minimum atomic E-state index is -4.48. The second kappa shape index (κ2) is 6.21. The molecule has 0 aliphatic rings. The van der Waals surface area contributed by atoms with Crippen molar-refractivity contribution in [1.82, 2.24) is 0 Å². The molecule has 0 aromatic carbocycles. The number of hydrogen-bond acceptors (Lipinski definition) is 2. The van der Waals surface area contributed by atoms with Crippen LogP contribution in [0.25, 0.3) is 0 Å². The van der Waals surface area contributed by atoms with Gasteiger partial charge in [-0.1, -0.05) is 0 Å². The Labute approximate surface area is 75.7 Å². The quantitative estimate of drug-likeness (QED) is 0.665. The van der Waals surface area contributed by atoms with Crippen LogP contribution in [0, 0.1) is 0 Å². The fourth-order valence-electron chi connectivity index (χ4n) is 0.850. The highest BCUT2D eigenvalue weighted by Crippen LogP contribution is 2.23. The van der Waals surface area contributed by atoms with Crippen LogP contribution in [0.4, 0.5) is 13.2 Å². The summed E-state index contributed by atoms with van der Waals surface area (Å²) < 4.78 is 40.2. The van der Waals surface area contributed by atoms with Crippen molar-refractivity contribution >= 4 is 0 Å². The average molecular weight is 200 g/mol. The molecule has 0 aromatic rings. The van der Waals surface area contributed by atoms with E-state index in [1.165, 1.54) is 0 Å². The molecule has 0 radical (unpaired) electrons. The van der Waals surface area contributed by atoms with Gasteiger partial charge in [0.1, 0.15) is 6.10 Å². The third kappa shape index (κ3) is 6.83. The van der Waals surface area contributed by atoms with Gasteiger partial charge in [0.25, 0.3) is 0 Å². The van der Waals surface area contributed by atoms with Gasteiger partial charge in [0, 0.05) is 13.2 Å². The first-order chi connectivity index (χ1) is 5.98. The maximum absolute atomic E-state index is 11.7. The van der Waals surface area contributed by atoms with Gasteiger partial charge >= 0.3 is 6.18 Å². The van der Waals surface area contributed by atoms with E-state index in [1.54, 1.807) is 0 Å². The van der Waals surface area contributed by atoms with Crippen LogP contribution in [-0.4, -0.2) is 30.6 Å². The lowest BCUT2D eigenvalue weighted by molar-refractivity contribution is -0.205. The molecule has 0 spiro atoms. The normalized spacial score (nSPS) is 14.5. The number of unbranched alkanes of at least 4 members (excludes halogenated alkanes) is 1. The maximum Gasteiger partial charge on any atom is 0.414 e. The highest BCUT2D eigenvalue weighted by atomic mass is 19.4. The minimum Gasteiger partial charge on any atom is -0.384 e. The van der Waals surface area contributed by atoms with Crippen LogP contribution >= 0.6 is 0 Å². The van der Waals surface area contributed by atoms with Crippen LogP contribution < -0.4 is 0 Å². The van der Waals surface area contributed by atoms with Crippen LogP contribution in [0.5, 0.6) is 0 Å². The van der Waals surface area contributed by atoms with E-state index in [9.17, 15) is 13.2 Å². The van der Waals surface area contributed by atoms with Crippen molar-refractivity contribution in [3.63, 3.8) is 0 Å². The SMILES string of the molecule is CCOCCCC[C@H](O)C(F)(F)F. The van der Waals surface area contributed by atoms with E-state index in [-0.39, 0.29) is 6.42 Å². The summed E-state index contributed by atoms with van der Waals surface area (Å²) in [4.78, 5) is 0. The molecule has 13 heavy (non-hydrogen) atoms. The summed E-state index contributed by atoms with van der Waals surface area (Å²) in [6.07, 6.45) is -6.02. The topological polar surface area (TPSA) is 29.5 Å². The van der Waals surface area contributed by atoms with E-state index in [0.29, 0.717) is 26.1 Å². The molecule has 2 nitrogen and oxygen atoms in total. The van der Waals surface area contributed by atoms with Crippen LogP contribution in [0.2, 0.25) is 0 Å². The van der Waals surface area contributed by atoms with E-state index in [1.807, 2.05) is 6.92 Å². The summed E-state index contributed by atoms with van der Waals surface area (Å²) in [6, 6.07) is 0. The van der Waals surface area contributed by atoms with Gasteiger partial charge in [0.2, 0.25) is 0 Å². The molecule has 0 aromatic heterocycles. The Morgan fingerprint density at radius 2 is 1.92 bits per heavy atom. The molecule has 0 bridgehead atoms. The summed E-state index contributed by atoms with van der Waals surface area (Å²) in [5.41, 5.74) is 0. The molecule has 5 heteroatoms. The third-order valence-corrected chi connectivity index (χ3v) is 1.60. The van der Waals surface area contributed by atoms with E-state index in [4.69, 9.17) is 9.84 Å². The van der Waals surface area contributed by atoms with Crippen molar-refractivity contribution in [2.24, 2.45) is 0 Å². The van der Waals surface area contributed by atoms with Crippen LogP contribution in [0.3, 0.4) is 0 Å². The van der Waals surface area contributed by atoms with Gasteiger partial charge in [-0.05, 0) is 26.2 Å². The number of hydrogen-bond donors (Lipinski definition) is 1. The van der Waals surface area contributed by atoms with E-state index in [0.717, 1.165) is 0 Å². The van der Waals surface area contributed by atoms with Gasteiger partial charge in [0.15, 0.2) is 0 Å². The number of aliphatic hydroxyl groups excluding tert-OH is 1. The minimum absolute atomic E-state index is 0.240. The van der Waals surface area contributed by atoms with Crippen LogP contribution in [-0.2, 0) is 4.74 Å². The molecule has 1 N–H and O–H groups in total. The molecular formula is C8H15F3O2. The highest BCUT2D eigenvalue weighted by molar-refractivity contribution is 4.64. The third-order valence-electron chi connectivity index (χ3n) is 1.60. The Hall–Kier alpha value is -0.290. The molecule has 0 amide bonds. The lowest BCUT2D eigenvalue weighted by Gasteiger charge is -2.13. The Morgan fingerprint density at radius 3 is 2.38 bits per heavy atom. The predicted molar refractivity (Wildman–Crippen MR) is 42.4 cm³/mol. The molecule has 0 saturated heterocycles. The predicted octanol–water partition coefficient (Wildman–Crippen LogP) is 2.12. The number of ether oxygens (including phenoxy) is 1. The van der Waals surface area contributed by atoms with Gasteiger partial charge in [-0.3, -0.25) is 0 Å². The lowest BCUT2D eigenvalue weighted by atomic mass is 10.1. The smallest absolute Gasteiger partial charge is 0.384 e. The van der Waals surface area contributed by atoms with Crippen LogP contribution in [0.1, 0.15) is 26.2 Å². The van der Waals surface area contributed by atoms with E-state index in [2.05, 4.69) is 0 Å². The summed E-state index contributed by atoms with van der Waals surface area (Å²) >= 11 is 0. The molecule has 0 saturated carbocycles. The molecular weight excluding hydrogens is 185 g/mol. The molecule has 1 atom stereocenters. The number of aliphatic hydroxyl groups is 1. The van der Waals surface area contributed by atoms with Gasteiger partial charge in [-0.25, -0.2) is 0 Å². The van der Waals surface area contributed by atoms with Crippen molar-refractivity contribution < 1.29 is 23.0 Å². The molecule has 0 aliphatic heterocycles. The van der Waals surface area contributed by atoms with Crippen molar-refractivity contribution in [3.8, 4) is 0 Å². The van der Waals surface area contributed by atoms with Gasteiger partial charge in [-0.15, -0.1) is 0 Å². The Kier molecular flexibility index (Phi) is 6.07. The van der Waals surface area contributed by atoms with Gasteiger partial charge in [-0.2, -0.15) is 13.2 Å². The number of alkyl halides is 3. The fraction of sp³-hybridized carbons (Fsp3) is 1.00. The van der Waals surface area contributed by atoms with Gasteiger partial charge in [0.05, 0.1) is 0 Å². The number of rotatable bonds is 6. The Bertz CT molecular complexity index is 125. The summed E-state index contributed by atoms with van der Waals surface area (Å²) in [5, 5.41) is 8.58. The molecule has 0 heterocycles. The van der Waals surface area contributed by atoms with E-state index < -0.39 is 12.3 Å². The Morgan fingerprint density at radius 1 is 1.31 bits per heavy atom. The van der Waals surface area contributed by atoms with Crippen molar-refractivity contribution in [1.29, 1.82) is 0 Å². The monoisotopic (exact) mass is 200 g/mol. The Balaban J connectivity index is 3.32.